The maximum Gasteiger partial charge on any atom is 0.416 e. The van der Waals surface area contributed by atoms with Gasteiger partial charge in [-0.25, -0.2) is 8.42 Å². The molecule has 0 heterocycles. The van der Waals surface area contributed by atoms with Crippen molar-refractivity contribution in [3.8, 4) is 6.07 Å². The Hall–Kier alpha value is -1.85. The molecule has 0 unspecified atom stereocenters. The molecule has 0 aliphatic heterocycles. The van der Waals surface area contributed by atoms with Crippen LogP contribution in [0.3, 0.4) is 0 Å². The fourth-order valence-electron chi connectivity index (χ4n) is 1.72. The maximum atomic E-state index is 12.6. The van der Waals surface area contributed by atoms with Crippen LogP contribution >= 0.6 is 0 Å². The van der Waals surface area contributed by atoms with E-state index >= 15 is 0 Å². The average Bonchev–Trinajstić information content (AvgIpc) is 2.42. The Morgan fingerprint density at radius 2 is 2.05 bits per heavy atom. The number of hydrogen-bond donors (Lipinski definition) is 0. The van der Waals surface area contributed by atoms with Crippen molar-refractivity contribution >= 4 is 10.0 Å². The van der Waals surface area contributed by atoms with Crippen LogP contribution in [0.2, 0.25) is 0 Å². The van der Waals surface area contributed by atoms with Gasteiger partial charge in [-0.1, -0.05) is 30.4 Å². The first kappa shape index (κ1) is 18.2. The van der Waals surface area contributed by atoms with Gasteiger partial charge in [0.25, 0.3) is 0 Å². The number of alkyl halides is 3. The van der Waals surface area contributed by atoms with Gasteiger partial charge in [0.2, 0.25) is 10.0 Å². The van der Waals surface area contributed by atoms with Crippen molar-refractivity contribution in [1.29, 1.82) is 5.26 Å². The molecule has 1 aromatic rings. The third-order valence-corrected chi connectivity index (χ3v) is 4.55. The Morgan fingerprint density at radius 3 is 2.59 bits per heavy atom. The number of nitrogens with zero attached hydrogens (tertiary/aromatic N) is 2. The molecule has 0 aromatic heterocycles. The van der Waals surface area contributed by atoms with Crippen molar-refractivity contribution in [3.63, 3.8) is 0 Å². The van der Waals surface area contributed by atoms with Crippen molar-refractivity contribution in [2.75, 3.05) is 13.1 Å². The number of benzene rings is 1. The highest BCUT2D eigenvalue weighted by Gasteiger charge is 2.31. The Bertz CT molecular complexity index is 676. The fraction of sp³-hybridized carbons (Fsp3) is 0.357. The van der Waals surface area contributed by atoms with E-state index in [2.05, 4.69) is 0 Å². The van der Waals surface area contributed by atoms with E-state index in [-0.39, 0.29) is 18.7 Å². The molecule has 120 valence electrons. The smallest absolute Gasteiger partial charge is 0.212 e. The lowest BCUT2D eigenvalue weighted by Gasteiger charge is -2.18. The molecule has 0 N–H and O–H groups in total. The van der Waals surface area contributed by atoms with Gasteiger partial charge in [0.05, 0.1) is 17.4 Å². The molecule has 0 atom stereocenters. The molecule has 8 heteroatoms. The van der Waals surface area contributed by atoms with Crippen molar-refractivity contribution in [1.82, 2.24) is 4.31 Å². The zero-order chi connectivity index (χ0) is 16.8. The van der Waals surface area contributed by atoms with E-state index in [1.54, 1.807) is 25.1 Å². The van der Waals surface area contributed by atoms with Crippen LogP contribution in [0.15, 0.2) is 36.4 Å². The standard InChI is InChI=1S/C14H15F3N2O2S/c1-2-3-8-19(9-7-18)22(20,21)11-12-5-4-6-13(10-12)14(15,16)17/h2-6,10H,8-9,11H2,1H3/b3-2+. The Kier molecular flexibility index (Phi) is 6.14. The van der Waals surface area contributed by atoms with Crippen LogP contribution in [0.25, 0.3) is 0 Å². The van der Waals surface area contributed by atoms with E-state index in [9.17, 15) is 21.6 Å². The van der Waals surface area contributed by atoms with E-state index in [0.29, 0.717) is 0 Å². The molecule has 0 radical (unpaired) electrons. The molecule has 1 aromatic carbocycles. The minimum atomic E-state index is -4.53. The van der Waals surface area contributed by atoms with Crippen LogP contribution in [0.4, 0.5) is 13.2 Å². The van der Waals surface area contributed by atoms with Gasteiger partial charge >= 0.3 is 6.18 Å². The van der Waals surface area contributed by atoms with Gasteiger partial charge in [-0.15, -0.1) is 0 Å². The largest absolute Gasteiger partial charge is 0.416 e. The molecule has 0 saturated heterocycles. The minimum Gasteiger partial charge on any atom is -0.212 e. The fourth-order valence-corrected chi connectivity index (χ4v) is 3.07. The average molecular weight is 332 g/mol. The molecule has 0 bridgehead atoms. The molecule has 0 saturated carbocycles. The van der Waals surface area contributed by atoms with Crippen molar-refractivity contribution in [3.05, 3.63) is 47.5 Å². The molecule has 0 amide bonds. The summed E-state index contributed by atoms with van der Waals surface area (Å²) < 4.78 is 63.3. The van der Waals surface area contributed by atoms with Gasteiger partial charge in [-0.3, -0.25) is 0 Å². The summed E-state index contributed by atoms with van der Waals surface area (Å²) >= 11 is 0. The number of rotatable bonds is 6. The van der Waals surface area contributed by atoms with Gasteiger partial charge < -0.3 is 0 Å². The van der Waals surface area contributed by atoms with Gasteiger partial charge in [-0.05, 0) is 18.6 Å². The Labute approximate surface area is 127 Å². The predicted octanol–water partition coefficient (Wildman–Crippen LogP) is 2.94. The molecular weight excluding hydrogens is 317 g/mol. The number of allylic oxidation sites excluding steroid dienone is 1. The highest BCUT2D eigenvalue weighted by Crippen LogP contribution is 2.30. The summed E-state index contributed by atoms with van der Waals surface area (Å²) in [6, 6.07) is 5.89. The number of halogens is 3. The van der Waals surface area contributed by atoms with Crippen molar-refractivity contribution < 1.29 is 21.6 Å². The van der Waals surface area contributed by atoms with Gasteiger partial charge in [0, 0.05) is 6.54 Å². The normalized spacial score (nSPS) is 12.7. The second-order valence-electron chi connectivity index (χ2n) is 4.47. The van der Waals surface area contributed by atoms with Gasteiger partial charge in [0.15, 0.2) is 0 Å². The summed E-state index contributed by atoms with van der Waals surface area (Å²) in [5, 5.41) is 8.69. The van der Waals surface area contributed by atoms with Gasteiger partial charge in [-0.2, -0.15) is 22.7 Å². The van der Waals surface area contributed by atoms with Crippen LogP contribution in [0.5, 0.6) is 0 Å². The van der Waals surface area contributed by atoms with Crippen LogP contribution in [-0.2, 0) is 22.0 Å². The highest BCUT2D eigenvalue weighted by atomic mass is 32.2. The molecule has 4 nitrogen and oxygen atoms in total. The molecule has 22 heavy (non-hydrogen) atoms. The molecular formula is C14H15F3N2O2S. The van der Waals surface area contributed by atoms with Crippen molar-refractivity contribution in [2.24, 2.45) is 0 Å². The number of hydrogen-bond acceptors (Lipinski definition) is 3. The summed E-state index contributed by atoms with van der Waals surface area (Å²) in [4.78, 5) is 0. The summed E-state index contributed by atoms with van der Waals surface area (Å²) in [5.74, 6) is -0.587. The zero-order valence-electron chi connectivity index (χ0n) is 11.8. The minimum absolute atomic E-state index is 0.00531. The van der Waals surface area contributed by atoms with E-state index in [1.165, 1.54) is 6.07 Å². The van der Waals surface area contributed by atoms with Crippen LogP contribution in [0.1, 0.15) is 18.1 Å². The summed E-state index contributed by atoms with van der Waals surface area (Å²) in [6.45, 7) is 1.35. The van der Waals surface area contributed by atoms with E-state index < -0.39 is 27.5 Å². The quantitative estimate of drug-likeness (QED) is 0.594. The molecule has 1 rings (SSSR count). The first-order chi connectivity index (χ1) is 10.2. The van der Waals surface area contributed by atoms with E-state index in [0.717, 1.165) is 22.5 Å². The van der Waals surface area contributed by atoms with Crippen LogP contribution < -0.4 is 0 Å². The Morgan fingerprint density at radius 1 is 1.36 bits per heavy atom. The van der Waals surface area contributed by atoms with Crippen molar-refractivity contribution in [2.45, 2.75) is 18.9 Å². The summed E-state index contributed by atoms with van der Waals surface area (Å²) in [5.41, 5.74) is -0.876. The first-order valence-electron chi connectivity index (χ1n) is 6.32. The first-order valence-corrected chi connectivity index (χ1v) is 7.93. The Balaban J connectivity index is 3.03. The molecule has 0 aliphatic rings. The predicted molar refractivity (Wildman–Crippen MR) is 76.1 cm³/mol. The monoisotopic (exact) mass is 332 g/mol. The molecule has 0 spiro atoms. The number of sulfonamides is 1. The second kappa shape index (κ2) is 7.42. The lowest BCUT2D eigenvalue weighted by atomic mass is 10.1. The summed E-state index contributed by atoms with van der Waals surface area (Å²) in [6.07, 6.45) is -1.34. The SMILES string of the molecule is C/C=C/CN(CC#N)S(=O)(=O)Cc1cccc(C(F)(F)F)c1. The maximum absolute atomic E-state index is 12.6. The van der Waals surface area contributed by atoms with Crippen LogP contribution in [0, 0.1) is 11.3 Å². The van der Waals surface area contributed by atoms with E-state index in [1.807, 2.05) is 0 Å². The van der Waals surface area contributed by atoms with Crippen LogP contribution in [-0.4, -0.2) is 25.8 Å². The lowest BCUT2D eigenvalue weighted by molar-refractivity contribution is -0.137. The highest BCUT2D eigenvalue weighted by molar-refractivity contribution is 7.88. The lowest BCUT2D eigenvalue weighted by Crippen LogP contribution is -2.32. The summed E-state index contributed by atoms with van der Waals surface area (Å²) in [7, 11) is -3.88. The topological polar surface area (TPSA) is 61.2 Å². The molecule has 0 fully saturated rings. The van der Waals surface area contributed by atoms with E-state index in [4.69, 9.17) is 5.26 Å². The van der Waals surface area contributed by atoms with Gasteiger partial charge in [0.1, 0.15) is 6.54 Å². The second-order valence-corrected chi connectivity index (χ2v) is 6.44. The molecule has 0 aliphatic carbocycles. The number of nitriles is 1. The zero-order valence-corrected chi connectivity index (χ0v) is 12.7. The third-order valence-electron chi connectivity index (χ3n) is 2.79. The third kappa shape index (κ3) is 5.16.